The Labute approximate surface area is 787 Å². The van der Waals surface area contributed by atoms with Crippen molar-refractivity contribution in [3.8, 4) is 44.5 Å². The van der Waals surface area contributed by atoms with Gasteiger partial charge in [-0.15, -0.1) is 0 Å². The number of halogens is 8. The quantitative estimate of drug-likeness (QED) is 0.0188. The van der Waals surface area contributed by atoms with Gasteiger partial charge in [-0.1, -0.05) is 78.5 Å². The highest BCUT2D eigenvalue weighted by molar-refractivity contribution is 6.34. The van der Waals surface area contributed by atoms with Gasteiger partial charge in [0.15, 0.2) is 0 Å². The molecule has 706 valence electrons. The molecule has 8 aliphatic rings. The van der Waals surface area contributed by atoms with E-state index in [1.54, 1.807) is 80.3 Å². The van der Waals surface area contributed by atoms with Gasteiger partial charge in [0.2, 0.25) is 0 Å². The SMILES string of the molecule is CCC1(CNc2cc(-c3cc(CC(=O)[C@@H]4CCCNC4)ncc3Cl)ccc2F)CCOCC1.CC[C@H]1CC[C@H](C(=O)Cc2cc(-c3ccc(F)c(NCC4CCOCC4)c3)c(Cl)cn2)CN1.COC1(CNc2cc(-c3cc(CC(=O)[C@@H]4CCCNC4)ncc3Cl)ccc2F)CCOCC1.O=C(Cc1cc(-c2cc(NCC3CCOCC3)ccc2F)c(Cl)cn1)[C@H]1CNCCOC1. The van der Waals surface area contributed by atoms with Gasteiger partial charge < -0.3 is 71.0 Å². The monoisotopic (exact) mass is 1880 g/mol. The third-order valence-corrected chi connectivity index (χ3v) is 28.2. The van der Waals surface area contributed by atoms with Crippen LogP contribution in [0, 0.1) is 64.2 Å². The molecule has 0 aliphatic carbocycles. The Kier molecular flexibility index (Phi) is 38.6. The van der Waals surface area contributed by atoms with Gasteiger partial charge in [0.25, 0.3) is 0 Å². The van der Waals surface area contributed by atoms with E-state index in [-0.39, 0.29) is 107 Å². The van der Waals surface area contributed by atoms with Crippen molar-refractivity contribution >= 4 is 92.3 Å². The number of benzene rings is 4. The molecule has 131 heavy (non-hydrogen) atoms. The fourth-order valence-electron chi connectivity index (χ4n) is 18.1. The van der Waals surface area contributed by atoms with Gasteiger partial charge in [-0.05, 0) is 216 Å². The Morgan fingerprint density at radius 1 is 0.420 bits per heavy atom. The summed E-state index contributed by atoms with van der Waals surface area (Å²) in [6.07, 6.45) is 22.6. The fourth-order valence-corrected chi connectivity index (χ4v) is 19.0. The Hall–Kier alpha value is -8.16. The van der Waals surface area contributed by atoms with Crippen LogP contribution >= 0.6 is 46.4 Å². The molecule has 0 amide bonds. The summed E-state index contributed by atoms with van der Waals surface area (Å²) >= 11 is 25.7. The summed E-state index contributed by atoms with van der Waals surface area (Å²) in [5.41, 5.74) is 10.0. The molecule has 4 aromatic heterocycles. The van der Waals surface area contributed by atoms with Crippen molar-refractivity contribution in [2.45, 2.75) is 154 Å². The van der Waals surface area contributed by atoms with Crippen LogP contribution in [0.1, 0.15) is 139 Å². The molecule has 4 aromatic carbocycles. The Morgan fingerprint density at radius 2 is 0.832 bits per heavy atom. The minimum absolute atomic E-state index is 0.0274. The first-order valence-electron chi connectivity index (χ1n) is 46.8. The van der Waals surface area contributed by atoms with Crippen molar-refractivity contribution in [2.75, 3.05) is 166 Å². The summed E-state index contributed by atoms with van der Waals surface area (Å²) in [7, 11) is 1.68. The number of nitrogens with one attached hydrogen (secondary N) is 8. The molecule has 30 heteroatoms. The van der Waals surface area contributed by atoms with Gasteiger partial charge in [-0.2, -0.15) is 0 Å². The summed E-state index contributed by atoms with van der Waals surface area (Å²) in [6, 6.07) is 27.6. The van der Waals surface area contributed by atoms with Crippen LogP contribution in [0.15, 0.2) is 122 Å². The van der Waals surface area contributed by atoms with E-state index >= 15 is 0 Å². The van der Waals surface area contributed by atoms with Gasteiger partial charge >= 0.3 is 0 Å². The standard InChI is InChI=1S/2C26H33ClFN3O2.C25H31ClFN3O3.C24H29ClFN3O3/c1-2-20-5-3-19(15-29-20)26(32)13-21-12-22(23(27)16-30-21)18-4-6-24(28)25(11-18)31-14-17-7-9-33-10-8-17;1-2-26(7-10-33-11-8-26)17-31-24-12-18(5-6-23(24)28)21-13-20(30-16-22(21)27)14-25(32)19-4-3-9-29-15-19;1-32-25(6-9-33-10-7-25)16-30-23-11-17(4-5-22(23)27)20-12-19(29-15-21(20)26)13-24(31)18-3-2-8-28-14-18;25-22-14-29-19(11-24(30)17-13-27-5-8-32-15-17)10-20(22)21-9-18(1-2-23(21)26)28-12-16-3-6-31-7-4-16/h4,6,11-12,16-17,19-20,29,31H,2-3,5,7-10,13-15H2,1H3;5-6,12-13,16,19,29,31H,2-4,7-11,14-15,17H2,1H3;4-5,11-12,15,18,28,30H,2-3,6-10,13-14,16H2,1H3;1-2,9-10,14,16-17,27-28H,3-8,11-13,15H2/t19-,20-;19-;18-;17-/m0110/s1. The van der Waals surface area contributed by atoms with E-state index in [4.69, 9.17) is 74.8 Å². The van der Waals surface area contributed by atoms with Gasteiger partial charge in [0.1, 0.15) is 46.4 Å². The maximum absolute atomic E-state index is 14.7. The third-order valence-electron chi connectivity index (χ3n) is 27.0. The second kappa shape index (κ2) is 50.4. The average molecular weight is 1890 g/mol. The predicted octanol–water partition coefficient (Wildman–Crippen LogP) is 18.5. The van der Waals surface area contributed by atoms with E-state index in [2.05, 4.69) is 76.3 Å². The van der Waals surface area contributed by atoms with E-state index in [0.29, 0.717) is 142 Å². The number of Topliss-reactive ketones (excluding diaryl/α,β-unsaturated/α-hetero) is 4. The van der Waals surface area contributed by atoms with E-state index < -0.39 is 0 Å². The number of hydrogen-bond acceptors (Lipinski definition) is 22. The summed E-state index contributed by atoms with van der Waals surface area (Å²) in [5.74, 6) is 0.248. The average Bonchev–Trinajstić information content (AvgIpc) is 1.33. The van der Waals surface area contributed by atoms with Crippen molar-refractivity contribution in [3.05, 3.63) is 188 Å². The molecule has 8 fully saturated rings. The predicted molar refractivity (Wildman–Crippen MR) is 510 cm³/mol. The number of piperidine rings is 3. The number of carbonyl (C=O) groups excluding carboxylic acids is 4. The van der Waals surface area contributed by atoms with Gasteiger partial charge in [-0.25, -0.2) is 17.6 Å². The molecule has 0 radical (unpaired) electrons. The number of ketones is 4. The number of carbonyl (C=O) groups is 4. The van der Waals surface area contributed by atoms with Crippen LogP contribution in [-0.2, 0) is 73.3 Å². The zero-order valence-electron chi connectivity index (χ0n) is 75.5. The Morgan fingerprint density at radius 3 is 1.28 bits per heavy atom. The zero-order chi connectivity index (χ0) is 92.1. The van der Waals surface area contributed by atoms with Gasteiger partial charge in [0.05, 0.1) is 61.9 Å². The van der Waals surface area contributed by atoms with Crippen LogP contribution in [0.3, 0.4) is 0 Å². The van der Waals surface area contributed by atoms with Gasteiger partial charge in [0, 0.05) is 262 Å². The number of pyridine rings is 4. The smallest absolute Gasteiger partial charge is 0.146 e. The molecule has 8 aromatic rings. The number of hydrogen-bond donors (Lipinski definition) is 8. The second-order valence-electron chi connectivity index (χ2n) is 35.9. The second-order valence-corrected chi connectivity index (χ2v) is 37.5. The summed E-state index contributed by atoms with van der Waals surface area (Å²) in [4.78, 5) is 68.4. The number of aromatic nitrogens is 4. The molecule has 16 rings (SSSR count). The molecular formula is C101H126Cl4F4N12O10. The molecule has 12 heterocycles. The Bertz CT molecular complexity index is 4920. The molecule has 0 saturated carbocycles. The highest BCUT2D eigenvalue weighted by Crippen LogP contribution is 2.40. The van der Waals surface area contributed by atoms with E-state index in [0.717, 1.165) is 227 Å². The number of methoxy groups -OCH3 is 1. The molecule has 0 unspecified atom stereocenters. The lowest BCUT2D eigenvalue weighted by atomic mass is 9.78. The van der Waals surface area contributed by atoms with Gasteiger partial charge in [-0.3, -0.25) is 39.1 Å². The maximum atomic E-state index is 14.7. The van der Waals surface area contributed by atoms with Crippen molar-refractivity contribution < 1.29 is 65.2 Å². The van der Waals surface area contributed by atoms with Crippen molar-refractivity contribution in [3.63, 3.8) is 0 Å². The topological polar surface area (TPSA) is 271 Å². The third kappa shape index (κ3) is 29.2. The summed E-state index contributed by atoms with van der Waals surface area (Å²) < 4.78 is 91.5. The summed E-state index contributed by atoms with van der Waals surface area (Å²) in [5, 5.41) is 28.3. The highest BCUT2D eigenvalue weighted by Gasteiger charge is 2.35. The van der Waals surface area contributed by atoms with E-state index in [1.165, 1.54) is 30.5 Å². The zero-order valence-corrected chi connectivity index (χ0v) is 78.5. The molecule has 22 nitrogen and oxygen atoms in total. The first-order valence-corrected chi connectivity index (χ1v) is 48.3. The first-order chi connectivity index (χ1) is 63.6. The maximum Gasteiger partial charge on any atom is 0.146 e. The lowest BCUT2D eigenvalue weighted by Gasteiger charge is -2.36. The highest BCUT2D eigenvalue weighted by atomic mass is 35.5. The summed E-state index contributed by atoms with van der Waals surface area (Å²) in [6.45, 7) is 19.4. The van der Waals surface area contributed by atoms with Crippen LogP contribution in [0.4, 0.5) is 40.3 Å². The van der Waals surface area contributed by atoms with Crippen LogP contribution < -0.4 is 42.5 Å². The molecule has 8 N–H and O–H groups in total. The van der Waals surface area contributed by atoms with Crippen LogP contribution in [0.2, 0.25) is 20.1 Å². The minimum atomic E-state index is -0.378. The first kappa shape index (κ1) is 100. The largest absolute Gasteiger partial charge is 0.385 e. The molecular weight excluding hydrogens is 1760 g/mol. The normalized spacial score (nSPS) is 20.6. The fraction of sp³-hybridized carbons (Fsp3) is 0.525. The Balaban J connectivity index is 0.000000149. The lowest BCUT2D eigenvalue weighted by Crippen LogP contribution is -2.44. The minimum Gasteiger partial charge on any atom is -0.385 e. The molecule has 5 atom stereocenters. The molecule has 8 saturated heterocycles. The van der Waals surface area contributed by atoms with E-state index in [9.17, 15) is 36.7 Å². The van der Waals surface area contributed by atoms with Crippen molar-refractivity contribution in [1.82, 2.24) is 41.2 Å². The number of anilines is 4. The van der Waals surface area contributed by atoms with Crippen LogP contribution in [0.25, 0.3) is 44.5 Å². The molecule has 0 spiro atoms. The van der Waals surface area contributed by atoms with Crippen LogP contribution in [-0.4, -0.2) is 200 Å². The molecule has 0 bridgehead atoms. The van der Waals surface area contributed by atoms with Crippen molar-refractivity contribution in [1.29, 1.82) is 0 Å². The van der Waals surface area contributed by atoms with Crippen molar-refractivity contribution in [2.24, 2.45) is 40.9 Å². The molecule has 8 aliphatic heterocycles. The van der Waals surface area contributed by atoms with Crippen LogP contribution in [0.5, 0.6) is 0 Å². The lowest BCUT2D eigenvalue weighted by molar-refractivity contribution is -0.124. The number of ether oxygens (including phenoxy) is 6. The number of rotatable bonds is 31. The number of nitrogens with zero attached hydrogens (tertiary/aromatic N) is 4. The van der Waals surface area contributed by atoms with E-state index in [1.807, 2.05) is 18.2 Å².